The van der Waals surface area contributed by atoms with Crippen LogP contribution in [-0.2, 0) is 0 Å². The van der Waals surface area contributed by atoms with Gasteiger partial charge in [0.15, 0.2) is 0 Å². The smallest absolute Gasteiger partial charge is 0.109 e. The Labute approximate surface area is 89.9 Å². The lowest BCUT2D eigenvalue weighted by Crippen LogP contribution is -2.37. The molecule has 0 aliphatic rings. The van der Waals surface area contributed by atoms with Gasteiger partial charge in [0.1, 0.15) is 5.01 Å². The highest BCUT2D eigenvalue weighted by Gasteiger charge is 2.19. The molecule has 80 valence electrons. The topological polar surface area (TPSA) is 42.1 Å². The Bertz CT molecular complexity index is 246. The van der Waals surface area contributed by atoms with Gasteiger partial charge in [-0.15, -0.1) is 11.3 Å². The minimum atomic E-state index is 0.374. The molecule has 0 aliphatic carbocycles. The fraction of sp³-hybridized carbons (Fsp3) is 0.700. The van der Waals surface area contributed by atoms with Crippen molar-refractivity contribution >= 4 is 11.3 Å². The monoisotopic (exact) mass is 213 g/mol. The minimum Gasteiger partial charge on any atom is -0.329 e. The van der Waals surface area contributed by atoms with E-state index in [2.05, 4.69) is 30.7 Å². The summed E-state index contributed by atoms with van der Waals surface area (Å²) in [6, 6.07) is 0.885. The maximum absolute atomic E-state index is 5.60. The van der Waals surface area contributed by atoms with E-state index in [1.54, 1.807) is 11.3 Å². The van der Waals surface area contributed by atoms with Crippen molar-refractivity contribution in [2.45, 2.75) is 32.9 Å². The van der Waals surface area contributed by atoms with Crippen molar-refractivity contribution in [2.75, 3.05) is 13.1 Å². The van der Waals surface area contributed by atoms with Gasteiger partial charge >= 0.3 is 0 Å². The average Bonchev–Trinajstić information content (AvgIpc) is 2.65. The van der Waals surface area contributed by atoms with Gasteiger partial charge in [-0.1, -0.05) is 0 Å². The van der Waals surface area contributed by atoms with E-state index >= 15 is 0 Å². The van der Waals surface area contributed by atoms with Gasteiger partial charge in [-0.05, 0) is 20.8 Å². The van der Waals surface area contributed by atoms with E-state index in [-0.39, 0.29) is 0 Å². The molecule has 0 fully saturated rings. The molecule has 1 aromatic heterocycles. The Morgan fingerprint density at radius 1 is 1.50 bits per heavy atom. The Balaban J connectivity index is 2.68. The Kier molecular flexibility index (Phi) is 4.51. The van der Waals surface area contributed by atoms with E-state index < -0.39 is 0 Å². The zero-order chi connectivity index (χ0) is 10.6. The zero-order valence-electron chi connectivity index (χ0n) is 9.10. The van der Waals surface area contributed by atoms with Crippen LogP contribution in [0.25, 0.3) is 0 Å². The van der Waals surface area contributed by atoms with E-state index in [0.717, 1.165) is 6.54 Å². The summed E-state index contributed by atoms with van der Waals surface area (Å²) in [6.07, 6.45) is 1.86. The van der Waals surface area contributed by atoms with Crippen LogP contribution < -0.4 is 5.73 Å². The molecule has 1 aromatic rings. The van der Waals surface area contributed by atoms with Gasteiger partial charge in [-0.3, -0.25) is 4.90 Å². The standard InChI is InChI=1S/C10H19N3S/c1-8(2)13(6-4-11)9(3)10-12-5-7-14-10/h5,7-9H,4,6,11H2,1-3H3. The minimum absolute atomic E-state index is 0.374. The third-order valence-electron chi connectivity index (χ3n) is 2.36. The molecular formula is C10H19N3S. The van der Waals surface area contributed by atoms with E-state index in [0.29, 0.717) is 18.6 Å². The second kappa shape index (κ2) is 5.44. The molecule has 0 saturated heterocycles. The van der Waals surface area contributed by atoms with Crippen LogP contribution in [0, 0.1) is 0 Å². The maximum Gasteiger partial charge on any atom is 0.109 e. The average molecular weight is 213 g/mol. The highest BCUT2D eigenvalue weighted by Crippen LogP contribution is 2.23. The first-order valence-corrected chi connectivity index (χ1v) is 5.90. The third-order valence-corrected chi connectivity index (χ3v) is 3.30. The normalized spacial score (nSPS) is 13.9. The number of hydrogen-bond donors (Lipinski definition) is 1. The molecule has 3 nitrogen and oxygen atoms in total. The number of thiazole rings is 1. The number of nitrogens with two attached hydrogens (primary N) is 1. The molecule has 0 bridgehead atoms. The van der Waals surface area contributed by atoms with E-state index in [9.17, 15) is 0 Å². The van der Waals surface area contributed by atoms with Crippen molar-refractivity contribution in [3.05, 3.63) is 16.6 Å². The summed E-state index contributed by atoms with van der Waals surface area (Å²) in [5.74, 6) is 0. The van der Waals surface area contributed by atoms with Crippen LogP contribution in [0.1, 0.15) is 31.8 Å². The molecule has 0 amide bonds. The summed E-state index contributed by atoms with van der Waals surface area (Å²) in [5.41, 5.74) is 5.60. The fourth-order valence-electron chi connectivity index (χ4n) is 1.63. The number of rotatable bonds is 5. The van der Waals surface area contributed by atoms with Gasteiger partial charge in [-0.25, -0.2) is 4.98 Å². The second-order valence-electron chi connectivity index (χ2n) is 3.67. The van der Waals surface area contributed by atoms with E-state index in [1.165, 1.54) is 5.01 Å². The van der Waals surface area contributed by atoms with E-state index in [4.69, 9.17) is 5.73 Å². The largest absolute Gasteiger partial charge is 0.329 e. The van der Waals surface area contributed by atoms with Crippen LogP contribution in [0.5, 0.6) is 0 Å². The third kappa shape index (κ3) is 2.77. The van der Waals surface area contributed by atoms with E-state index in [1.807, 2.05) is 11.6 Å². The number of aromatic nitrogens is 1. The summed E-state index contributed by atoms with van der Waals surface area (Å²) in [7, 11) is 0. The molecule has 4 heteroatoms. The molecule has 1 heterocycles. The highest BCUT2D eigenvalue weighted by molar-refractivity contribution is 7.09. The lowest BCUT2D eigenvalue weighted by Gasteiger charge is -2.30. The lowest BCUT2D eigenvalue weighted by atomic mass is 10.2. The first-order chi connectivity index (χ1) is 6.66. The predicted octanol–water partition coefficient (Wildman–Crippen LogP) is 1.87. The summed E-state index contributed by atoms with van der Waals surface area (Å²) in [6.45, 7) is 8.21. The summed E-state index contributed by atoms with van der Waals surface area (Å²) >= 11 is 1.71. The van der Waals surface area contributed by atoms with Crippen molar-refractivity contribution in [1.29, 1.82) is 0 Å². The zero-order valence-corrected chi connectivity index (χ0v) is 9.92. The Hall–Kier alpha value is -0.450. The van der Waals surface area contributed by atoms with Gasteiger partial charge in [-0.2, -0.15) is 0 Å². The first-order valence-electron chi connectivity index (χ1n) is 5.02. The summed E-state index contributed by atoms with van der Waals surface area (Å²) in [5, 5.41) is 3.19. The quantitative estimate of drug-likeness (QED) is 0.812. The molecule has 2 N–H and O–H groups in total. The molecule has 0 radical (unpaired) electrons. The fourth-order valence-corrected chi connectivity index (χ4v) is 2.35. The number of nitrogens with zero attached hydrogens (tertiary/aromatic N) is 2. The molecule has 0 spiro atoms. The number of hydrogen-bond acceptors (Lipinski definition) is 4. The summed E-state index contributed by atoms with van der Waals surface area (Å²) < 4.78 is 0. The van der Waals surface area contributed by atoms with Crippen LogP contribution in [0.15, 0.2) is 11.6 Å². The van der Waals surface area contributed by atoms with Crippen molar-refractivity contribution in [3.8, 4) is 0 Å². The molecule has 14 heavy (non-hydrogen) atoms. The Morgan fingerprint density at radius 3 is 2.64 bits per heavy atom. The lowest BCUT2D eigenvalue weighted by molar-refractivity contribution is 0.169. The molecule has 0 aromatic carbocycles. The summed E-state index contributed by atoms with van der Waals surface area (Å²) in [4.78, 5) is 6.71. The first kappa shape index (κ1) is 11.6. The van der Waals surface area contributed by atoms with Crippen LogP contribution in [-0.4, -0.2) is 29.0 Å². The SMILES string of the molecule is CC(C)N(CCN)C(C)c1nccs1. The second-order valence-corrected chi connectivity index (χ2v) is 4.59. The van der Waals surface area contributed by atoms with Gasteiger partial charge in [0, 0.05) is 30.7 Å². The van der Waals surface area contributed by atoms with Crippen molar-refractivity contribution in [1.82, 2.24) is 9.88 Å². The van der Waals surface area contributed by atoms with Crippen LogP contribution >= 0.6 is 11.3 Å². The molecule has 1 atom stereocenters. The Morgan fingerprint density at radius 2 is 2.21 bits per heavy atom. The van der Waals surface area contributed by atoms with Gasteiger partial charge < -0.3 is 5.73 Å². The molecule has 1 rings (SSSR count). The van der Waals surface area contributed by atoms with Crippen molar-refractivity contribution < 1.29 is 0 Å². The van der Waals surface area contributed by atoms with Gasteiger partial charge in [0.2, 0.25) is 0 Å². The predicted molar refractivity (Wildman–Crippen MR) is 61.4 cm³/mol. The molecule has 0 saturated carbocycles. The van der Waals surface area contributed by atoms with Gasteiger partial charge in [0.05, 0.1) is 6.04 Å². The van der Waals surface area contributed by atoms with Crippen LogP contribution in [0.2, 0.25) is 0 Å². The van der Waals surface area contributed by atoms with Crippen LogP contribution in [0.3, 0.4) is 0 Å². The highest BCUT2D eigenvalue weighted by atomic mass is 32.1. The van der Waals surface area contributed by atoms with Crippen molar-refractivity contribution in [2.24, 2.45) is 5.73 Å². The molecular weight excluding hydrogens is 194 g/mol. The maximum atomic E-state index is 5.60. The van der Waals surface area contributed by atoms with Gasteiger partial charge in [0.25, 0.3) is 0 Å². The molecule has 0 aliphatic heterocycles. The van der Waals surface area contributed by atoms with Crippen molar-refractivity contribution in [3.63, 3.8) is 0 Å². The molecule has 1 unspecified atom stereocenters. The van der Waals surface area contributed by atoms with Crippen LogP contribution in [0.4, 0.5) is 0 Å².